The summed E-state index contributed by atoms with van der Waals surface area (Å²) >= 11 is 1.50. The van der Waals surface area contributed by atoms with Gasteiger partial charge in [0.1, 0.15) is 23.9 Å². The predicted molar refractivity (Wildman–Crippen MR) is 118 cm³/mol. The molecule has 4 bridgehead atoms. The van der Waals surface area contributed by atoms with Gasteiger partial charge in [0.05, 0.1) is 12.8 Å². The molecule has 4 aliphatic rings. The summed E-state index contributed by atoms with van der Waals surface area (Å²) in [5, 5.41) is 5.61. The Bertz CT molecular complexity index is 950. The minimum Gasteiger partial charge on any atom is -0.497 e. The van der Waals surface area contributed by atoms with Crippen LogP contribution in [-0.2, 0) is 20.9 Å². The van der Waals surface area contributed by atoms with E-state index in [4.69, 9.17) is 9.47 Å². The zero-order valence-electron chi connectivity index (χ0n) is 17.8. The van der Waals surface area contributed by atoms with Crippen molar-refractivity contribution in [3.63, 3.8) is 0 Å². The van der Waals surface area contributed by atoms with Crippen LogP contribution in [0.15, 0.2) is 29.6 Å². The first-order valence-corrected chi connectivity index (χ1v) is 11.9. The highest BCUT2D eigenvalue weighted by Gasteiger charge is 2.54. The van der Waals surface area contributed by atoms with Gasteiger partial charge in [-0.1, -0.05) is 12.1 Å². The Kier molecular flexibility index (Phi) is 5.46. The Hall–Kier alpha value is -2.41. The third-order valence-corrected chi connectivity index (χ3v) is 8.10. The van der Waals surface area contributed by atoms with Crippen LogP contribution in [0.3, 0.4) is 0 Å². The molecular weight excluding hydrogens is 412 g/mol. The van der Waals surface area contributed by atoms with E-state index in [0.717, 1.165) is 35.6 Å². The number of carbonyl (C=O) groups excluding carboxylic acids is 2. The van der Waals surface area contributed by atoms with Gasteiger partial charge in [-0.2, -0.15) is 0 Å². The van der Waals surface area contributed by atoms with E-state index in [2.05, 4.69) is 10.3 Å². The average Bonchev–Trinajstić information content (AvgIpc) is 3.24. The van der Waals surface area contributed by atoms with E-state index in [0.29, 0.717) is 23.4 Å². The molecular formula is C24H28N2O4S. The van der Waals surface area contributed by atoms with Crippen molar-refractivity contribution < 1.29 is 19.1 Å². The number of thiazole rings is 1. The fraction of sp³-hybridized carbons (Fsp3) is 0.542. The normalized spacial score (nSPS) is 28.4. The highest BCUT2D eigenvalue weighted by Crippen LogP contribution is 2.60. The van der Waals surface area contributed by atoms with Crippen LogP contribution in [0.1, 0.15) is 44.2 Å². The second-order valence-electron chi connectivity index (χ2n) is 9.42. The molecule has 6 nitrogen and oxygen atoms in total. The maximum atomic E-state index is 12.9. The van der Waals surface area contributed by atoms with E-state index >= 15 is 0 Å². The highest BCUT2D eigenvalue weighted by molar-refractivity contribution is 7.13. The van der Waals surface area contributed by atoms with E-state index in [1.54, 1.807) is 7.11 Å². The maximum absolute atomic E-state index is 12.9. The molecule has 4 saturated carbocycles. The quantitative estimate of drug-likeness (QED) is 0.653. The molecule has 1 aromatic heterocycles. The zero-order valence-corrected chi connectivity index (χ0v) is 18.6. The van der Waals surface area contributed by atoms with Crippen LogP contribution in [0, 0.1) is 23.2 Å². The molecule has 0 saturated heterocycles. The molecule has 4 fully saturated rings. The number of nitrogens with zero attached hydrogens (tertiary/aromatic N) is 1. The molecule has 1 amide bonds. The third kappa shape index (κ3) is 4.20. The lowest BCUT2D eigenvalue weighted by Crippen LogP contribution is -2.54. The summed E-state index contributed by atoms with van der Waals surface area (Å²) in [5.41, 5.74) is 1.42. The lowest BCUT2D eigenvalue weighted by molar-refractivity contribution is -0.151. The first-order valence-electron chi connectivity index (χ1n) is 11.1. The van der Waals surface area contributed by atoms with Gasteiger partial charge in [-0.3, -0.25) is 9.59 Å². The molecule has 1 heterocycles. The number of aromatic nitrogens is 1. The van der Waals surface area contributed by atoms with Crippen molar-refractivity contribution in [3.8, 4) is 16.3 Å². The largest absolute Gasteiger partial charge is 0.497 e. The van der Waals surface area contributed by atoms with Gasteiger partial charge >= 0.3 is 5.97 Å². The number of carbonyl (C=O) groups is 2. The van der Waals surface area contributed by atoms with E-state index in [-0.39, 0.29) is 24.5 Å². The number of benzene rings is 1. The second-order valence-corrected chi connectivity index (χ2v) is 10.3. The molecule has 6 rings (SSSR count). The number of rotatable bonds is 7. The number of hydrogen-bond acceptors (Lipinski definition) is 6. The SMILES string of the molecule is COc1cccc(-c2nc(COC(=O)CNC(=O)C34CC5CC(CC(C5)C3)C4)cs2)c1. The van der Waals surface area contributed by atoms with Crippen LogP contribution < -0.4 is 10.1 Å². The van der Waals surface area contributed by atoms with E-state index < -0.39 is 5.97 Å². The summed E-state index contributed by atoms with van der Waals surface area (Å²) in [4.78, 5) is 29.7. The summed E-state index contributed by atoms with van der Waals surface area (Å²) in [7, 11) is 1.63. The van der Waals surface area contributed by atoms with Gasteiger partial charge < -0.3 is 14.8 Å². The fourth-order valence-corrected chi connectivity index (χ4v) is 7.00. The van der Waals surface area contributed by atoms with Gasteiger partial charge in [0.25, 0.3) is 0 Å². The summed E-state index contributed by atoms with van der Waals surface area (Å²) in [6.07, 6.45) is 6.85. The first kappa shape index (κ1) is 20.5. The molecule has 0 spiro atoms. The van der Waals surface area contributed by atoms with Crippen molar-refractivity contribution in [1.82, 2.24) is 10.3 Å². The summed E-state index contributed by atoms with van der Waals surface area (Å²) in [6.45, 7) is 0.0278. The molecule has 0 aliphatic heterocycles. The molecule has 1 aromatic carbocycles. The van der Waals surface area contributed by atoms with Crippen molar-refractivity contribution in [2.24, 2.45) is 23.2 Å². The minimum absolute atomic E-state index is 0.0533. The van der Waals surface area contributed by atoms with Gasteiger partial charge in [-0.25, -0.2) is 4.98 Å². The Balaban J connectivity index is 1.12. The maximum Gasteiger partial charge on any atom is 0.325 e. The number of hydrogen-bond donors (Lipinski definition) is 1. The molecule has 0 radical (unpaired) electrons. The van der Waals surface area contributed by atoms with Gasteiger partial charge in [0.15, 0.2) is 0 Å². The average molecular weight is 441 g/mol. The van der Waals surface area contributed by atoms with E-state index in [1.807, 2.05) is 29.6 Å². The Morgan fingerprint density at radius 3 is 2.55 bits per heavy atom. The Morgan fingerprint density at radius 2 is 1.87 bits per heavy atom. The third-order valence-electron chi connectivity index (χ3n) is 7.16. The minimum atomic E-state index is -0.422. The van der Waals surface area contributed by atoms with Crippen molar-refractivity contribution in [2.45, 2.75) is 45.1 Å². The van der Waals surface area contributed by atoms with Crippen molar-refractivity contribution >= 4 is 23.2 Å². The summed E-state index contributed by atoms with van der Waals surface area (Å²) in [5.74, 6) is 2.51. The molecule has 0 atom stereocenters. The van der Waals surface area contributed by atoms with E-state index in [9.17, 15) is 9.59 Å². The van der Waals surface area contributed by atoms with Crippen LogP contribution in [0.25, 0.3) is 10.6 Å². The molecule has 2 aromatic rings. The molecule has 31 heavy (non-hydrogen) atoms. The van der Waals surface area contributed by atoms with Crippen LogP contribution in [0.5, 0.6) is 5.75 Å². The monoisotopic (exact) mass is 440 g/mol. The summed E-state index contributed by atoms with van der Waals surface area (Å²) < 4.78 is 10.6. The number of ether oxygens (including phenoxy) is 2. The van der Waals surface area contributed by atoms with Gasteiger partial charge in [-0.05, 0) is 68.4 Å². The molecule has 4 aliphatic carbocycles. The molecule has 7 heteroatoms. The molecule has 1 N–H and O–H groups in total. The number of esters is 1. The lowest BCUT2D eigenvalue weighted by atomic mass is 9.49. The van der Waals surface area contributed by atoms with Crippen LogP contribution in [0.4, 0.5) is 0 Å². The van der Waals surface area contributed by atoms with Crippen molar-refractivity contribution in [1.29, 1.82) is 0 Å². The van der Waals surface area contributed by atoms with Crippen molar-refractivity contribution in [3.05, 3.63) is 35.3 Å². The lowest BCUT2D eigenvalue weighted by Gasteiger charge is -2.55. The molecule has 0 unspecified atom stereocenters. The Morgan fingerprint density at radius 1 is 1.16 bits per heavy atom. The van der Waals surface area contributed by atoms with E-state index in [1.165, 1.54) is 30.6 Å². The van der Waals surface area contributed by atoms with Gasteiger partial charge in [0.2, 0.25) is 5.91 Å². The number of nitrogens with one attached hydrogen (secondary N) is 1. The standard InChI is InChI=1S/C24H28N2O4S/c1-29-20-4-2-3-18(8-20)22-26-19(14-31-22)13-30-21(27)12-25-23(28)24-9-15-5-16(10-24)7-17(6-15)11-24/h2-4,8,14-17H,5-7,9-13H2,1H3,(H,25,28). The number of amides is 1. The summed E-state index contributed by atoms with van der Waals surface area (Å²) in [6, 6.07) is 7.70. The first-order chi connectivity index (χ1) is 15.0. The molecule has 164 valence electrons. The highest BCUT2D eigenvalue weighted by atomic mass is 32.1. The zero-order chi connectivity index (χ0) is 21.4. The fourth-order valence-electron chi connectivity index (χ4n) is 6.20. The predicted octanol–water partition coefficient (Wildman–Crippen LogP) is 4.19. The van der Waals surface area contributed by atoms with Crippen LogP contribution in [0.2, 0.25) is 0 Å². The second kappa shape index (κ2) is 8.26. The smallest absolute Gasteiger partial charge is 0.325 e. The Labute approximate surface area is 186 Å². The number of methoxy groups -OCH3 is 1. The topological polar surface area (TPSA) is 77.5 Å². The van der Waals surface area contributed by atoms with Crippen molar-refractivity contribution in [2.75, 3.05) is 13.7 Å². The van der Waals surface area contributed by atoms with Gasteiger partial charge in [-0.15, -0.1) is 11.3 Å². The van der Waals surface area contributed by atoms with Crippen LogP contribution in [-0.4, -0.2) is 30.5 Å². The van der Waals surface area contributed by atoms with Crippen LogP contribution >= 0.6 is 11.3 Å². The van der Waals surface area contributed by atoms with Gasteiger partial charge in [0, 0.05) is 16.4 Å².